The zero-order valence-electron chi connectivity index (χ0n) is 24.4. The van der Waals surface area contributed by atoms with Gasteiger partial charge in [0.2, 0.25) is 0 Å². The predicted molar refractivity (Wildman–Crippen MR) is 167 cm³/mol. The van der Waals surface area contributed by atoms with Crippen LogP contribution in [0.1, 0.15) is 56.1 Å². The number of ether oxygens (including phenoxy) is 2. The van der Waals surface area contributed by atoms with Gasteiger partial charge in [0.15, 0.2) is 0 Å². The molecule has 1 aliphatic heterocycles. The summed E-state index contributed by atoms with van der Waals surface area (Å²) in [6.07, 6.45) is 0.381. The summed E-state index contributed by atoms with van der Waals surface area (Å²) in [6, 6.07) is 21.2. The highest BCUT2D eigenvalue weighted by atomic mass is 35.5. The Kier molecular flexibility index (Phi) is 10.3. The summed E-state index contributed by atoms with van der Waals surface area (Å²) in [7, 11) is 1.78. The zero-order valence-corrected chi connectivity index (χ0v) is 25.9. The molecule has 220 valence electrons. The van der Waals surface area contributed by atoms with Crippen molar-refractivity contribution in [3.63, 3.8) is 0 Å². The molecule has 3 aromatic rings. The number of benzene rings is 3. The molecule has 1 amide bonds. The summed E-state index contributed by atoms with van der Waals surface area (Å²) in [5, 5.41) is 1.21. The molecule has 0 fully saturated rings. The Labute approximate surface area is 257 Å². The maximum Gasteiger partial charge on any atom is 0.338 e. The number of nitrogens with zero attached hydrogens (tertiary/aromatic N) is 3. The smallest absolute Gasteiger partial charge is 0.338 e. The quantitative estimate of drug-likeness (QED) is 0.219. The predicted octanol–water partition coefficient (Wildman–Crippen LogP) is 7.95. The van der Waals surface area contributed by atoms with E-state index in [0.717, 1.165) is 11.4 Å². The van der Waals surface area contributed by atoms with E-state index in [1.54, 1.807) is 66.5 Å². The first kappa shape index (κ1) is 31.1. The number of allylic oxidation sites excluding steroid dienone is 1. The minimum Gasteiger partial charge on any atom is -0.459 e. The van der Waals surface area contributed by atoms with Crippen LogP contribution in [0.4, 0.5) is 0 Å². The number of aliphatic imine (C=N–C) groups is 1. The van der Waals surface area contributed by atoms with Gasteiger partial charge in [-0.2, -0.15) is 0 Å². The summed E-state index contributed by atoms with van der Waals surface area (Å²) < 4.78 is 11.4. The zero-order chi connectivity index (χ0) is 30.4. The first-order valence-corrected chi connectivity index (χ1v) is 14.6. The highest BCUT2D eigenvalue weighted by molar-refractivity contribution is 6.30. The Bertz CT molecular complexity index is 1480. The molecular weight excluding hydrogens is 573 g/mol. The average molecular weight is 609 g/mol. The molecular formula is C33H35Cl2N3O4. The van der Waals surface area contributed by atoms with Gasteiger partial charge in [-0.3, -0.25) is 4.79 Å². The minimum atomic E-state index is -0.415. The van der Waals surface area contributed by atoms with Gasteiger partial charge in [-0.05, 0) is 100 Å². The van der Waals surface area contributed by atoms with E-state index in [1.165, 1.54) is 0 Å². The van der Waals surface area contributed by atoms with E-state index in [2.05, 4.69) is 9.89 Å². The fourth-order valence-electron chi connectivity index (χ4n) is 4.86. The summed E-state index contributed by atoms with van der Waals surface area (Å²) >= 11 is 12.3. The summed E-state index contributed by atoms with van der Waals surface area (Å²) in [6.45, 7) is 8.46. The van der Waals surface area contributed by atoms with E-state index in [1.807, 2.05) is 45.9 Å². The number of rotatable bonds is 10. The van der Waals surface area contributed by atoms with E-state index < -0.39 is 12.0 Å². The molecule has 0 bridgehead atoms. The van der Waals surface area contributed by atoms with Crippen LogP contribution in [0, 0.1) is 0 Å². The largest absolute Gasteiger partial charge is 0.459 e. The molecule has 0 saturated heterocycles. The fraction of sp³-hybridized carbons (Fsp3) is 0.303. The molecule has 42 heavy (non-hydrogen) atoms. The third-order valence-electron chi connectivity index (χ3n) is 6.84. The van der Waals surface area contributed by atoms with Gasteiger partial charge >= 0.3 is 5.97 Å². The minimum absolute atomic E-state index is 0.0968. The van der Waals surface area contributed by atoms with Crippen LogP contribution in [-0.4, -0.2) is 53.8 Å². The lowest BCUT2D eigenvalue weighted by Crippen LogP contribution is -2.41. The molecule has 0 N–H and O–H groups in total. The van der Waals surface area contributed by atoms with Gasteiger partial charge < -0.3 is 19.3 Å². The van der Waals surface area contributed by atoms with Crippen molar-refractivity contribution < 1.29 is 19.1 Å². The lowest BCUT2D eigenvalue weighted by atomic mass is 9.93. The Balaban J connectivity index is 1.44. The molecule has 4 rings (SSSR count). The summed E-state index contributed by atoms with van der Waals surface area (Å²) in [5.74, 6) is 1.57. The van der Waals surface area contributed by atoms with E-state index in [-0.39, 0.29) is 12.0 Å². The van der Waals surface area contributed by atoms with Gasteiger partial charge in [-0.1, -0.05) is 35.3 Å². The van der Waals surface area contributed by atoms with Crippen LogP contribution in [-0.2, 0) is 9.53 Å². The summed E-state index contributed by atoms with van der Waals surface area (Å²) in [4.78, 5) is 34.8. The van der Waals surface area contributed by atoms with E-state index in [4.69, 9.17) is 32.7 Å². The van der Waals surface area contributed by atoms with Crippen LogP contribution in [0.3, 0.4) is 0 Å². The van der Waals surface area contributed by atoms with E-state index >= 15 is 0 Å². The lowest BCUT2D eigenvalue weighted by molar-refractivity contribution is -0.143. The topological polar surface area (TPSA) is 71.4 Å². The number of carbonyl (C=O) groups excluding carboxylic acids is 2. The third-order valence-corrected chi connectivity index (χ3v) is 7.32. The van der Waals surface area contributed by atoms with Gasteiger partial charge in [0.1, 0.15) is 17.3 Å². The van der Waals surface area contributed by atoms with Crippen molar-refractivity contribution in [1.82, 2.24) is 9.80 Å². The first-order chi connectivity index (χ1) is 20.0. The van der Waals surface area contributed by atoms with Gasteiger partial charge in [-0.25, -0.2) is 9.79 Å². The molecule has 7 nitrogen and oxygen atoms in total. The molecule has 1 aliphatic rings. The lowest BCUT2D eigenvalue weighted by Gasteiger charge is -2.38. The van der Waals surface area contributed by atoms with Gasteiger partial charge in [0.05, 0.1) is 23.4 Å². The molecule has 0 saturated carbocycles. The first-order valence-electron chi connectivity index (χ1n) is 13.8. The van der Waals surface area contributed by atoms with Crippen LogP contribution in [0.5, 0.6) is 11.5 Å². The number of halogens is 2. The molecule has 1 atom stereocenters. The SMILES string of the molecule is CC1=NC(C)=C(C(=O)OC(C)C)C(c2cccc(Cl)c2)N1CCCN(C)C(=O)c1ccc(Oc2ccc(Cl)cc2)cc1. The van der Waals surface area contributed by atoms with Crippen LogP contribution in [0.25, 0.3) is 0 Å². The Morgan fingerprint density at radius 3 is 2.21 bits per heavy atom. The highest BCUT2D eigenvalue weighted by Crippen LogP contribution is 2.37. The molecule has 0 aliphatic carbocycles. The monoisotopic (exact) mass is 607 g/mol. The van der Waals surface area contributed by atoms with Gasteiger partial charge in [0, 0.05) is 35.7 Å². The number of esters is 1. The van der Waals surface area contributed by atoms with E-state index in [9.17, 15) is 9.59 Å². The molecule has 9 heteroatoms. The molecule has 1 unspecified atom stereocenters. The molecule has 0 spiro atoms. The maximum atomic E-state index is 13.2. The normalized spacial score (nSPS) is 15.0. The molecule has 0 radical (unpaired) electrons. The Morgan fingerprint density at radius 2 is 1.60 bits per heavy atom. The van der Waals surface area contributed by atoms with E-state index in [0.29, 0.717) is 57.9 Å². The second-order valence-electron chi connectivity index (χ2n) is 10.4. The van der Waals surface area contributed by atoms with Crippen molar-refractivity contribution in [2.75, 3.05) is 20.1 Å². The van der Waals surface area contributed by atoms with Crippen LogP contribution >= 0.6 is 23.2 Å². The fourth-order valence-corrected chi connectivity index (χ4v) is 5.19. The van der Waals surface area contributed by atoms with Crippen molar-refractivity contribution in [1.29, 1.82) is 0 Å². The second kappa shape index (κ2) is 13.9. The van der Waals surface area contributed by atoms with Crippen LogP contribution < -0.4 is 4.74 Å². The number of amides is 1. The van der Waals surface area contributed by atoms with Crippen molar-refractivity contribution in [3.8, 4) is 11.5 Å². The maximum absolute atomic E-state index is 13.2. The molecule has 0 aromatic heterocycles. The van der Waals surface area contributed by atoms with Crippen molar-refractivity contribution in [2.45, 2.75) is 46.3 Å². The Morgan fingerprint density at radius 1 is 0.952 bits per heavy atom. The third kappa shape index (κ3) is 7.72. The number of carbonyl (C=O) groups is 2. The standard InChI is InChI=1S/C33H35Cl2N3O4/c1-21(2)41-33(40)30-22(3)36-23(4)38(31(30)25-8-6-9-27(35)20-25)19-7-18-37(5)32(39)24-10-14-28(15-11-24)42-29-16-12-26(34)13-17-29/h6,8-17,20-21,31H,7,18-19H2,1-5H3. The highest BCUT2D eigenvalue weighted by Gasteiger charge is 2.35. The number of amidine groups is 1. The van der Waals surface area contributed by atoms with Gasteiger partial charge in [-0.15, -0.1) is 0 Å². The number of hydrogen-bond donors (Lipinski definition) is 0. The van der Waals surface area contributed by atoms with Crippen LogP contribution in [0.15, 0.2) is 89.1 Å². The number of hydrogen-bond acceptors (Lipinski definition) is 6. The molecule has 3 aromatic carbocycles. The van der Waals surface area contributed by atoms with Crippen LogP contribution in [0.2, 0.25) is 10.0 Å². The van der Waals surface area contributed by atoms with Crippen molar-refractivity contribution in [2.24, 2.45) is 4.99 Å². The van der Waals surface area contributed by atoms with Crippen molar-refractivity contribution >= 4 is 40.9 Å². The summed E-state index contributed by atoms with van der Waals surface area (Å²) in [5.41, 5.74) is 2.54. The Hall–Kier alpha value is -3.81. The van der Waals surface area contributed by atoms with Gasteiger partial charge in [0.25, 0.3) is 5.91 Å². The second-order valence-corrected chi connectivity index (χ2v) is 11.3. The molecule has 1 heterocycles. The van der Waals surface area contributed by atoms with Crippen molar-refractivity contribution in [3.05, 3.63) is 105 Å². The average Bonchev–Trinajstić information content (AvgIpc) is 2.94.